The zero-order valence-electron chi connectivity index (χ0n) is 13.9. The third kappa shape index (κ3) is 4.11. The SMILES string of the molecule is COCCN1CCCC(c2[nH]ccc2C(=O)N2CCSCC2)C1. The normalized spacial score (nSPS) is 23.2. The number of hydrogen-bond donors (Lipinski definition) is 1. The molecule has 3 heterocycles. The number of thioether (sulfide) groups is 1. The van der Waals surface area contributed by atoms with Gasteiger partial charge in [-0.3, -0.25) is 4.79 Å². The highest BCUT2D eigenvalue weighted by Crippen LogP contribution is 2.29. The zero-order chi connectivity index (χ0) is 16.1. The van der Waals surface area contributed by atoms with Crippen LogP contribution in [0.15, 0.2) is 12.3 Å². The summed E-state index contributed by atoms with van der Waals surface area (Å²) in [5, 5.41) is 0. The number of hydrogen-bond acceptors (Lipinski definition) is 4. The maximum absolute atomic E-state index is 12.8. The van der Waals surface area contributed by atoms with E-state index in [1.807, 2.05) is 28.9 Å². The fourth-order valence-corrected chi connectivity index (χ4v) is 4.46. The molecule has 0 spiro atoms. The summed E-state index contributed by atoms with van der Waals surface area (Å²) in [6.07, 6.45) is 4.26. The minimum Gasteiger partial charge on any atom is -0.383 e. The van der Waals surface area contributed by atoms with Gasteiger partial charge in [-0.15, -0.1) is 0 Å². The predicted octanol–water partition coefficient (Wildman–Crippen LogP) is 2.03. The Hall–Kier alpha value is -0.980. The van der Waals surface area contributed by atoms with Gasteiger partial charge in [-0.25, -0.2) is 0 Å². The number of likely N-dealkylation sites (tertiary alicyclic amines) is 1. The number of methoxy groups -OCH3 is 1. The first-order valence-electron chi connectivity index (χ1n) is 8.55. The molecule has 128 valence electrons. The molecule has 5 nitrogen and oxygen atoms in total. The van der Waals surface area contributed by atoms with E-state index in [1.165, 1.54) is 6.42 Å². The van der Waals surface area contributed by atoms with Gasteiger partial charge in [0.15, 0.2) is 0 Å². The number of piperidine rings is 1. The Labute approximate surface area is 142 Å². The molecule has 0 saturated carbocycles. The fraction of sp³-hybridized carbons (Fsp3) is 0.706. The second-order valence-electron chi connectivity index (χ2n) is 6.34. The Balaban J connectivity index is 1.68. The van der Waals surface area contributed by atoms with Gasteiger partial charge in [-0.2, -0.15) is 11.8 Å². The molecular weight excluding hydrogens is 310 g/mol. The first kappa shape index (κ1) is 16.9. The van der Waals surface area contributed by atoms with Crippen molar-refractivity contribution in [2.45, 2.75) is 18.8 Å². The summed E-state index contributed by atoms with van der Waals surface area (Å²) in [7, 11) is 1.75. The highest BCUT2D eigenvalue weighted by atomic mass is 32.2. The van der Waals surface area contributed by atoms with Crippen molar-refractivity contribution >= 4 is 17.7 Å². The topological polar surface area (TPSA) is 48.6 Å². The van der Waals surface area contributed by atoms with Gasteiger partial charge in [0, 0.05) is 62.6 Å². The van der Waals surface area contributed by atoms with Crippen molar-refractivity contribution < 1.29 is 9.53 Å². The Morgan fingerprint density at radius 3 is 3.00 bits per heavy atom. The molecular formula is C17H27N3O2S. The highest BCUT2D eigenvalue weighted by Gasteiger charge is 2.28. The number of ether oxygens (including phenoxy) is 1. The van der Waals surface area contributed by atoms with Crippen LogP contribution in [0.2, 0.25) is 0 Å². The molecule has 0 aromatic carbocycles. The number of aromatic amines is 1. The molecule has 6 heteroatoms. The summed E-state index contributed by atoms with van der Waals surface area (Å²) >= 11 is 1.93. The molecule has 1 N–H and O–H groups in total. The first-order chi connectivity index (χ1) is 11.3. The quantitative estimate of drug-likeness (QED) is 0.893. The minimum absolute atomic E-state index is 0.204. The molecule has 1 unspecified atom stereocenters. The minimum atomic E-state index is 0.204. The molecule has 3 rings (SSSR count). The van der Waals surface area contributed by atoms with Gasteiger partial charge in [-0.1, -0.05) is 0 Å². The lowest BCUT2D eigenvalue weighted by Crippen LogP contribution is -2.39. The van der Waals surface area contributed by atoms with Gasteiger partial charge in [0.25, 0.3) is 5.91 Å². The van der Waals surface area contributed by atoms with E-state index in [-0.39, 0.29) is 5.91 Å². The zero-order valence-corrected chi connectivity index (χ0v) is 14.7. The van der Waals surface area contributed by atoms with Crippen LogP contribution >= 0.6 is 11.8 Å². The molecule has 23 heavy (non-hydrogen) atoms. The fourth-order valence-electron chi connectivity index (χ4n) is 3.56. The van der Waals surface area contributed by atoms with Crippen LogP contribution < -0.4 is 0 Å². The Bertz CT molecular complexity index is 514. The molecule has 2 fully saturated rings. The molecule has 2 saturated heterocycles. The van der Waals surface area contributed by atoms with Crippen LogP contribution in [0.4, 0.5) is 0 Å². The standard InChI is InChI=1S/C17H27N3O2S/c1-22-10-7-19-6-2-3-14(13-19)16-15(4-5-18-16)17(21)20-8-11-23-12-9-20/h4-5,14,18H,2-3,6-13H2,1H3. The number of nitrogens with zero attached hydrogens (tertiary/aromatic N) is 2. The second-order valence-corrected chi connectivity index (χ2v) is 7.57. The summed E-state index contributed by atoms with van der Waals surface area (Å²) in [4.78, 5) is 20.7. The van der Waals surface area contributed by atoms with Crippen LogP contribution in [0.5, 0.6) is 0 Å². The van der Waals surface area contributed by atoms with Crippen molar-refractivity contribution in [2.24, 2.45) is 0 Å². The van der Waals surface area contributed by atoms with Gasteiger partial charge < -0.3 is 19.5 Å². The molecule has 2 aliphatic heterocycles. The Morgan fingerprint density at radius 1 is 1.39 bits per heavy atom. The highest BCUT2D eigenvalue weighted by molar-refractivity contribution is 7.99. The van der Waals surface area contributed by atoms with E-state index in [1.54, 1.807) is 7.11 Å². The lowest BCUT2D eigenvalue weighted by molar-refractivity contribution is 0.0769. The summed E-state index contributed by atoms with van der Waals surface area (Å²) in [5.41, 5.74) is 2.02. The lowest BCUT2D eigenvalue weighted by Gasteiger charge is -2.33. The molecule has 1 amide bonds. The van der Waals surface area contributed by atoms with E-state index in [9.17, 15) is 4.79 Å². The van der Waals surface area contributed by atoms with Gasteiger partial charge in [0.2, 0.25) is 0 Å². The van der Waals surface area contributed by atoms with Crippen molar-refractivity contribution in [1.82, 2.24) is 14.8 Å². The number of amides is 1. The van der Waals surface area contributed by atoms with Crippen molar-refractivity contribution in [3.05, 3.63) is 23.5 Å². The van der Waals surface area contributed by atoms with Gasteiger partial charge in [0.1, 0.15) is 0 Å². The van der Waals surface area contributed by atoms with E-state index in [4.69, 9.17) is 4.74 Å². The van der Waals surface area contributed by atoms with Crippen LogP contribution in [0.25, 0.3) is 0 Å². The summed E-state index contributed by atoms with van der Waals surface area (Å²) in [5.74, 6) is 2.74. The number of carbonyl (C=O) groups excluding carboxylic acids is 1. The summed E-state index contributed by atoms with van der Waals surface area (Å²) in [6.45, 7) is 5.64. The summed E-state index contributed by atoms with van der Waals surface area (Å²) < 4.78 is 5.20. The van der Waals surface area contributed by atoms with Crippen molar-refractivity contribution in [3.63, 3.8) is 0 Å². The van der Waals surface area contributed by atoms with Gasteiger partial charge >= 0.3 is 0 Å². The number of carbonyl (C=O) groups is 1. The average Bonchev–Trinajstić information content (AvgIpc) is 3.10. The molecule has 0 bridgehead atoms. The third-order valence-corrected chi connectivity index (χ3v) is 5.78. The Kier molecular flexibility index (Phi) is 6.02. The van der Waals surface area contributed by atoms with Crippen LogP contribution in [0.3, 0.4) is 0 Å². The van der Waals surface area contributed by atoms with Crippen molar-refractivity contribution in [1.29, 1.82) is 0 Å². The molecule has 1 aromatic heterocycles. The number of nitrogens with one attached hydrogen (secondary N) is 1. The number of H-pyrrole nitrogens is 1. The third-order valence-electron chi connectivity index (χ3n) is 4.83. The monoisotopic (exact) mass is 337 g/mol. The maximum Gasteiger partial charge on any atom is 0.255 e. The van der Waals surface area contributed by atoms with Crippen LogP contribution in [-0.2, 0) is 4.74 Å². The lowest BCUT2D eigenvalue weighted by atomic mass is 9.92. The largest absolute Gasteiger partial charge is 0.383 e. The van der Waals surface area contributed by atoms with E-state index in [2.05, 4.69) is 9.88 Å². The van der Waals surface area contributed by atoms with Crippen LogP contribution in [0, 0.1) is 0 Å². The van der Waals surface area contributed by atoms with Crippen LogP contribution in [-0.4, -0.2) is 78.6 Å². The van der Waals surface area contributed by atoms with E-state index >= 15 is 0 Å². The number of aromatic nitrogens is 1. The smallest absolute Gasteiger partial charge is 0.255 e. The molecule has 1 aromatic rings. The number of rotatable bonds is 5. The summed E-state index contributed by atoms with van der Waals surface area (Å²) in [6, 6.07) is 1.97. The second kappa shape index (κ2) is 8.22. The molecule has 1 atom stereocenters. The van der Waals surface area contributed by atoms with E-state index in [0.717, 1.165) is 68.5 Å². The van der Waals surface area contributed by atoms with Crippen molar-refractivity contribution in [2.75, 3.05) is 57.9 Å². The van der Waals surface area contributed by atoms with Crippen molar-refractivity contribution in [3.8, 4) is 0 Å². The maximum atomic E-state index is 12.8. The predicted molar refractivity (Wildman–Crippen MR) is 94.3 cm³/mol. The molecule has 0 radical (unpaired) electrons. The molecule has 2 aliphatic rings. The average molecular weight is 337 g/mol. The van der Waals surface area contributed by atoms with Gasteiger partial charge in [-0.05, 0) is 25.5 Å². The van der Waals surface area contributed by atoms with E-state index in [0.29, 0.717) is 5.92 Å². The Morgan fingerprint density at radius 2 is 2.22 bits per heavy atom. The van der Waals surface area contributed by atoms with E-state index < -0.39 is 0 Å². The molecule has 0 aliphatic carbocycles. The van der Waals surface area contributed by atoms with Crippen LogP contribution in [0.1, 0.15) is 34.8 Å². The van der Waals surface area contributed by atoms with Gasteiger partial charge in [0.05, 0.1) is 12.2 Å². The first-order valence-corrected chi connectivity index (χ1v) is 9.70.